The van der Waals surface area contributed by atoms with Crippen molar-refractivity contribution in [3.8, 4) is 0 Å². The minimum absolute atomic E-state index is 0.163. The van der Waals surface area contributed by atoms with E-state index in [1.807, 2.05) is 12.1 Å². The van der Waals surface area contributed by atoms with Crippen molar-refractivity contribution in [1.82, 2.24) is 0 Å². The highest BCUT2D eigenvalue weighted by Crippen LogP contribution is 2.10. The summed E-state index contributed by atoms with van der Waals surface area (Å²) in [6, 6.07) is 8.15. The van der Waals surface area contributed by atoms with Crippen LogP contribution in [-0.4, -0.2) is 31.0 Å². The topological polar surface area (TPSA) is 101 Å². The van der Waals surface area contributed by atoms with Gasteiger partial charge in [0.15, 0.2) is 5.84 Å². The van der Waals surface area contributed by atoms with Gasteiger partial charge in [0, 0.05) is 11.9 Å². The largest absolute Gasteiger partial charge is 0.403 e. The molecule has 1 aromatic rings. The number of hydrogen-bond acceptors (Lipinski definition) is 5. The monoisotopic (exact) mass is 270 g/mol. The van der Waals surface area contributed by atoms with Gasteiger partial charge in [0.2, 0.25) is 0 Å². The molecular formula is C14H18N6. The molecule has 0 saturated heterocycles. The second-order valence-corrected chi connectivity index (χ2v) is 4.30. The summed E-state index contributed by atoms with van der Waals surface area (Å²) in [7, 11) is 0. The van der Waals surface area contributed by atoms with Crippen LogP contribution >= 0.6 is 0 Å². The average Bonchev–Trinajstić information content (AvgIpc) is 2.48. The zero-order valence-corrected chi connectivity index (χ0v) is 11.4. The van der Waals surface area contributed by atoms with Crippen LogP contribution in [0.3, 0.4) is 0 Å². The smallest absolute Gasteiger partial charge is 0.176 e. The maximum atomic E-state index is 5.52. The number of rotatable bonds is 4. The van der Waals surface area contributed by atoms with E-state index in [4.69, 9.17) is 11.5 Å². The van der Waals surface area contributed by atoms with Gasteiger partial charge in [-0.3, -0.25) is 0 Å². The Balaban J connectivity index is 2.02. The second kappa shape index (κ2) is 6.63. The molecule has 2 rings (SSSR count). The van der Waals surface area contributed by atoms with Crippen LogP contribution in [0.25, 0.3) is 0 Å². The highest BCUT2D eigenvalue weighted by Gasteiger charge is 2.10. The van der Waals surface area contributed by atoms with E-state index in [1.165, 1.54) is 11.8 Å². The van der Waals surface area contributed by atoms with Gasteiger partial charge in [-0.25, -0.2) is 15.0 Å². The Kier molecular flexibility index (Phi) is 4.62. The Morgan fingerprint density at radius 3 is 2.70 bits per heavy atom. The summed E-state index contributed by atoms with van der Waals surface area (Å²) in [5, 5.41) is 3.28. The van der Waals surface area contributed by atoms with Crippen LogP contribution in [0, 0.1) is 6.92 Å². The van der Waals surface area contributed by atoms with E-state index in [0.717, 1.165) is 11.4 Å². The summed E-state index contributed by atoms with van der Waals surface area (Å²) in [5.41, 5.74) is 14.5. The van der Waals surface area contributed by atoms with E-state index < -0.39 is 0 Å². The highest BCUT2D eigenvalue weighted by atomic mass is 15.0. The number of benzene rings is 1. The summed E-state index contributed by atoms with van der Waals surface area (Å²) < 4.78 is 0. The number of aryl methyl sites for hydroxylation is 1. The fourth-order valence-electron chi connectivity index (χ4n) is 1.70. The van der Waals surface area contributed by atoms with Gasteiger partial charge in [0.05, 0.1) is 25.1 Å². The van der Waals surface area contributed by atoms with Crippen molar-refractivity contribution in [3.05, 3.63) is 41.7 Å². The minimum Gasteiger partial charge on any atom is -0.403 e. The molecule has 0 atom stereocenters. The number of hydrogen-bond donors (Lipinski definition) is 3. The fraction of sp³-hybridized carbons (Fsp3) is 0.214. The molecule has 0 radical (unpaired) electrons. The SMILES string of the molecule is Cc1ccc(NCC2=NC(=C/N)/C(=N\CN)N=C2)cc1. The van der Waals surface area contributed by atoms with Crippen molar-refractivity contribution >= 4 is 23.4 Å². The lowest BCUT2D eigenvalue weighted by Crippen LogP contribution is -2.21. The maximum absolute atomic E-state index is 5.52. The first-order chi connectivity index (χ1) is 9.72. The van der Waals surface area contributed by atoms with Crippen LogP contribution in [0.2, 0.25) is 0 Å². The summed E-state index contributed by atoms with van der Waals surface area (Å²) in [6.45, 7) is 2.79. The Morgan fingerprint density at radius 2 is 2.05 bits per heavy atom. The molecule has 6 nitrogen and oxygen atoms in total. The van der Waals surface area contributed by atoms with Gasteiger partial charge in [-0.05, 0) is 19.1 Å². The zero-order valence-electron chi connectivity index (χ0n) is 11.4. The first kappa shape index (κ1) is 14.0. The van der Waals surface area contributed by atoms with Crippen molar-refractivity contribution in [2.75, 3.05) is 18.5 Å². The molecule has 0 fully saturated rings. The van der Waals surface area contributed by atoms with E-state index in [2.05, 4.69) is 39.4 Å². The van der Waals surface area contributed by atoms with Gasteiger partial charge in [0.1, 0.15) is 5.70 Å². The quantitative estimate of drug-likeness (QED) is 0.762. The number of nitrogens with two attached hydrogens (primary N) is 2. The molecule has 1 heterocycles. The van der Waals surface area contributed by atoms with Gasteiger partial charge in [-0.2, -0.15) is 0 Å². The third-order valence-electron chi connectivity index (χ3n) is 2.75. The van der Waals surface area contributed by atoms with E-state index >= 15 is 0 Å². The maximum Gasteiger partial charge on any atom is 0.176 e. The average molecular weight is 270 g/mol. The predicted molar refractivity (Wildman–Crippen MR) is 84.4 cm³/mol. The molecular weight excluding hydrogens is 252 g/mol. The molecule has 20 heavy (non-hydrogen) atoms. The van der Waals surface area contributed by atoms with Gasteiger partial charge in [0.25, 0.3) is 0 Å². The van der Waals surface area contributed by atoms with Crippen molar-refractivity contribution in [1.29, 1.82) is 0 Å². The van der Waals surface area contributed by atoms with Crippen molar-refractivity contribution in [3.63, 3.8) is 0 Å². The van der Waals surface area contributed by atoms with Gasteiger partial charge in [-0.15, -0.1) is 0 Å². The Morgan fingerprint density at radius 1 is 1.30 bits per heavy atom. The second-order valence-electron chi connectivity index (χ2n) is 4.30. The van der Waals surface area contributed by atoms with Crippen LogP contribution < -0.4 is 16.8 Å². The van der Waals surface area contributed by atoms with Gasteiger partial charge < -0.3 is 16.8 Å². The number of anilines is 1. The first-order valence-corrected chi connectivity index (χ1v) is 6.32. The van der Waals surface area contributed by atoms with Crippen molar-refractivity contribution in [2.24, 2.45) is 26.4 Å². The van der Waals surface area contributed by atoms with E-state index in [1.54, 1.807) is 6.21 Å². The van der Waals surface area contributed by atoms with E-state index in [9.17, 15) is 0 Å². The van der Waals surface area contributed by atoms with Gasteiger partial charge >= 0.3 is 0 Å². The van der Waals surface area contributed by atoms with E-state index in [-0.39, 0.29) is 6.67 Å². The molecule has 0 spiro atoms. The molecule has 1 aliphatic rings. The zero-order chi connectivity index (χ0) is 14.4. The molecule has 0 bridgehead atoms. The molecule has 0 aromatic heterocycles. The Hall–Kier alpha value is -2.47. The van der Waals surface area contributed by atoms with E-state index in [0.29, 0.717) is 18.1 Å². The third kappa shape index (κ3) is 3.52. The molecule has 0 unspecified atom stereocenters. The van der Waals surface area contributed by atoms with Gasteiger partial charge in [-0.1, -0.05) is 17.7 Å². The van der Waals surface area contributed by atoms with Crippen LogP contribution in [0.5, 0.6) is 0 Å². The third-order valence-corrected chi connectivity index (χ3v) is 2.75. The molecule has 5 N–H and O–H groups in total. The lowest BCUT2D eigenvalue weighted by molar-refractivity contribution is 1.06. The van der Waals surface area contributed by atoms with Crippen LogP contribution in [0.4, 0.5) is 5.69 Å². The summed E-state index contributed by atoms with van der Waals surface area (Å²) in [6.07, 6.45) is 3.06. The highest BCUT2D eigenvalue weighted by molar-refractivity contribution is 6.37. The lowest BCUT2D eigenvalue weighted by Gasteiger charge is -2.11. The summed E-state index contributed by atoms with van der Waals surface area (Å²) in [4.78, 5) is 12.6. The van der Waals surface area contributed by atoms with Crippen molar-refractivity contribution < 1.29 is 0 Å². The number of aliphatic imine (C=N–C) groups is 3. The Bertz CT molecular complexity index is 580. The molecule has 0 amide bonds. The lowest BCUT2D eigenvalue weighted by atomic mass is 10.2. The number of nitrogens with zero attached hydrogens (tertiary/aromatic N) is 3. The Labute approximate surface area is 118 Å². The first-order valence-electron chi connectivity index (χ1n) is 6.32. The number of amidine groups is 1. The normalized spacial score (nSPS) is 18.4. The molecule has 1 aromatic carbocycles. The van der Waals surface area contributed by atoms with Crippen LogP contribution in [0.15, 0.2) is 51.1 Å². The molecule has 104 valence electrons. The molecule has 0 saturated carbocycles. The molecule has 1 aliphatic heterocycles. The van der Waals surface area contributed by atoms with Crippen molar-refractivity contribution in [2.45, 2.75) is 6.92 Å². The summed E-state index contributed by atoms with van der Waals surface area (Å²) in [5.74, 6) is 0.467. The summed E-state index contributed by atoms with van der Waals surface area (Å²) >= 11 is 0. The fourth-order valence-corrected chi connectivity index (χ4v) is 1.70. The van der Waals surface area contributed by atoms with Crippen LogP contribution in [0.1, 0.15) is 5.56 Å². The standard InChI is InChI=1S/C14H18N6/c1-10-2-4-11(5-3-10)17-7-12-8-18-14(19-9-16)13(6-15)20-12/h2-6,8,17H,7,9,15-16H2,1H3/b13-6+,19-14+. The number of nitrogens with one attached hydrogen (secondary N) is 1. The molecule has 6 heteroatoms. The molecule has 0 aliphatic carbocycles. The van der Waals surface area contributed by atoms with Crippen LogP contribution in [-0.2, 0) is 0 Å². The minimum atomic E-state index is 0.163. The predicted octanol–water partition coefficient (Wildman–Crippen LogP) is 1.05.